The van der Waals surface area contributed by atoms with Crippen LogP contribution in [0.3, 0.4) is 0 Å². The fraction of sp³-hybridized carbons (Fsp3) is 0.750. The van der Waals surface area contributed by atoms with Gasteiger partial charge in [0.25, 0.3) is 0 Å². The minimum Gasteiger partial charge on any atom is -0.493 e. The van der Waals surface area contributed by atoms with Crippen LogP contribution in [-0.4, -0.2) is 29.2 Å². The average molecular weight is 293 g/mol. The smallest absolute Gasteiger partial charge is 0.185 e. The molecule has 21 heavy (non-hydrogen) atoms. The van der Waals surface area contributed by atoms with Crippen LogP contribution < -0.4 is 10.5 Å². The Balaban J connectivity index is 2.25. The molecule has 0 atom stereocenters. The van der Waals surface area contributed by atoms with E-state index in [1.807, 2.05) is 13.8 Å². The Kier molecular flexibility index (Phi) is 5.04. The van der Waals surface area contributed by atoms with Gasteiger partial charge in [0.2, 0.25) is 0 Å². The summed E-state index contributed by atoms with van der Waals surface area (Å²) in [6.45, 7) is 4.61. The van der Waals surface area contributed by atoms with Crippen molar-refractivity contribution in [3.8, 4) is 5.75 Å². The third-order valence-electron chi connectivity index (χ3n) is 4.62. The summed E-state index contributed by atoms with van der Waals surface area (Å²) in [4.78, 5) is 12.8. The van der Waals surface area contributed by atoms with Gasteiger partial charge in [-0.25, -0.2) is 0 Å². The maximum atomic E-state index is 12.8. The Morgan fingerprint density at radius 2 is 2.10 bits per heavy atom. The number of rotatable bonds is 6. The number of ketones is 1. The zero-order chi connectivity index (χ0) is 15.5. The van der Waals surface area contributed by atoms with Gasteiger partial charge in [-0.2, -0.15) is 5.10 Å². The van der Waals surface area contributed by atoms with Crippen LogP contribution in [0, 0.1) is 5.41 Å². The fourth-order valence-corrected chi connectivity index (χ4v) is 3.33. The Labute approximate surface area is 126 Å². The molecule has 1 aliphatic carbocycles. The first-order valence-corrected chi connectivity index (χ1v) is 7.88. The molecule has 0 unspecified atom stereocenters. The normalized spacial score (nSPS) is 18.0. The summed E-state index contributed by atoms with van der Waals surface area (Å²) in [5, 5.41) is 4.29. The molecule has 5 heteroatoms. The van der Waals surface area contributed by atoms with Crippen molar-refractivity contribution in [3.05, 3.63) is 11.9 Å². The highest BCUT2D eigenvalue weighted by Gasteiger charge is 2.35. The second-order valence-corrected chi connectivity index (χ2v) is 6.46. The summed E-state index contributed by atoms with van der Waals surface area (Å²) >= 11 is 0. The third-order valence-corrected chi connectivity index (χ3v) is 4.62. The molecule has 1 aromatic rings. The van der Waals surface area contributed by atoms with E-state index in [2.05, 4.69) is 5.10 Å². The van der Waals surface area contributed by atoms with E-state index in [4.69, 9.17) is 10.5 Å². The van der Waals surface area contributed by atoms with Crippen molar-refractivity contribution in [2.24, 2.45) is 11.1 Å². The number of nitrogens with zero attached hydrogens (tertiary/aromatic N) is 2. The number of hydrogen-bond donors (Lipinski definition) is 1. The maximum Gasteiger partial charge on any atom is 0.185 e. The van der Waals surface area contributed by atoms with E-state index in [0.717, 1.165) is 12.8 Å². The first kappa shape index (κ1) is 16.0. The number of nitrogens with two attached hydrogens (primary N) is 1. The molecule has 118 valence electrons. The molecule has 1 heterocycles. The predicted molar refractivity (Wildman–Crippen MR) is 82.7 cm³/mol. The van der Waals surface area contributed by atoms with Gasteiger partial charge in [0.1, 0.15) is 5.69 Å². The average Bonchev–Trinajstić information content (AvgIpc) is 2.92. The molecule has 0 amide bonds. The number of methoxy groups -OCH3 is 1. The summed E-state index contributed by atoms with van der Waals surface area (Å²) in [7, 11) is 1.58. The molecule has 0 spiro atoms. The van der Waals surface area contributed by atoms with Crippen molar-refractivity contribution in [1.82, 2.24) is 9.78 Å². The van der Waals surface area contributed by atoms with Crippen molar-refractivity contribution >= 4 is 5.78 Å². The van der Waals surface area contributed by atoms with Gasteiger partial charge in [-0.05, 0) is 38.6 Å². The predicted octanol–water partition coefficient (Wildman–Crippen LogP) is 2.95. The van der Waals surface area contributed by atoms with Crippen LogP contribution in [0.25, 0.3) is 0 Å². The molecule has 0 bridgehead atoms. The molecule has 1 aromatic heterocycles. The Bertz CT molecular complexity index is 488. The van der Waals surface area contributed by atoms with Crippen LogP contribution in [0.15, 0.2) is 6.20 Å². The zero-order valence-corrected chi connectivity index (χ0v) is 13.4. The highest BCUT2D eigenvalue weighted by atomic mass is 16.5. The first-order chi connectivity index (χ1) is 10.0. The zero-order valence-electron chi connectivity index (χ0n) is 13.4. The standard InChI is InChI=1S/C16H27N3O2/c1-12(2)19-15(14(21-3)10-18-19)13(20)9-16(11-17)7-5-4-6-8-16/h10,12H,4-9,11,17H2,1-3H3. The number of carbonyl (C=O) groups is 1. The molecule has 2 N–H and O–H groups in total. The third kappa shape index (κ3) is 3.28. The summed E-state index contributed by atoms with van der Waals surface area (Å²) in [6.07, 6.45) is 7.82. The van der Waals surface area contributed by atoms with Crippen molar-refractivity contribution < 1.29 is 9.53 Å². The molecule has 1 fully saturated rings. The molecule has 5 nitrogen and oxygen atoms in total. The van der Waals surface area contributed by atoms with Gasteiger partial charge in [-0.15, -0.1) is 0 Å². The summed E-state index contributed by atoms with van der Waals surface area (Å²) in [5.74, 6) is 0.669. The number of hydrogen-bond acceptors (Lipinski definition) is 4. The quantitative estimate of drug-likeness (QED) is 0.819. The minimum atomic E-state index is -0.0353. The lowest BCUT2D eigenvalue weighted by atomic mass is 9.70. The van der Waals surface area contributed by atoms with E-state index >= 15 is 0 Å². The summed E-state index contributed by atoms with van der Waals surface area (Å²) in [6, 6.07) is 0.132. The Morgan fingerprint density at radius 3 is 2.62 bits per heavy atom. The maximum absolute atomic E-state index is 12.8. The number of ether oxygens (including phenoxy) is 1. The SMILES string of the molecule is COc1cnn(C(C)C)c1C(=O)CC1(CN)CCCCC1. The van der Waals surface area contributed by atoms with Crippen molar-refractivity contribution in [2.45, 2.75) is 58.4 Å². The fourth-order valence-electron chi connectivity index (χ4n) is 3.33. The van der Waals surface area contributed by atoms with Gasteiger partial charge in [0.15, 0.2) is 11.5 Å². The molecule has 2 rings (SSSR count). The van der Waals surface area contributed by atoms with Gasteiger partial charge in [-0.3, -0.25) is 9.48 Å². The molecule has 0 aliphatic heterocycles. The largest absolute Gasteiger partial charge is 0.493 e. The van der Waals surface area contributed by atoms with Crippen LogP contribution in [0.2, 0.25) is 0 Å². The topological polar surface area (TPSA) is 70.1 Å². The van der Waals surface area contributed by atoms with E-state index in [1.165, 1.54) is 19.3 Å². The van der Waals surface area contributed by atoms with Crippen molar-refractivity contribution in [3.63, 3.8) is 0 Å². The Morgan fingerprint density at radius 1 is 1.43 bits per heavy atom. The van der Waals surface area contributed by atoms with E-state index in [-0.39, 0.29) is 17.2 Å². The number of Topliss-reactive ketones (excluding diaryl/α,β-unsaturated/α-hetero) is 1. The highest BCUT2D eigenvalue weighted by Crippen LogP contribution is 2.40. The van der Waals surface area contributed by atoms with E-state index < -0.39 is 0 Å². The summed E-state index contributed by atoms with van der Waals surface area (Å²) < 4.78 is 7.08. The minimum absolute atomic E-state index is 0.0353. The monoisotopic (exact) mass is 293 g/mol. The van der Waals surface area contributed by atoms with Crippen LogP contribution in [-0.2, 0) is 0 Å². The van der Waals surface area contributed by atoms with Crippen molar-refractivity contribution in [2.75, 3.05) is 13.7 Å². The second-order valence-electron chi connectivity index (χ2n) is 6.46. The molecule has 0 saturated heterocycles. The lowest BCUT2D eigenvalue weighted by molar-refractivity contribution is 0.0852. The highest BCUT2D eigenvalue weighted by molar-refractivity contribution is 5.97. The molecule has 0 radical (unpaired) electrons. The number of aromatic nitrogens is 2. The van der Waals surface area contributed by atoms with Gasteiger partial charge in [0, 0.05) is 12.5 Å². The Hall–Kier alpha value is -1.36. The van der Waals surface area contributed by atoms with E-state index in [0.29, 0.717) is 24.4 Å². The van der Waals surface area contributed by atoms with Crippen molar-refractivity contribution in [1.29, 1.82) is 0 Å². The van der Waals surface area contributed by atoms with Gasteiger partial charge in [-0.1, -0.05) is 19.3 Å². The van der Waals surface area contributed by atoms with E-state index in [9.17, 15) is 4.79 Å². The van der Waals surface area contributed by atoms with Crippen LogP contribution in [0.1, 0.15) is 68.9 Å². The van der Waals surface area contributed by atoms with Crippen LogP contribution in [0.4, 0.5) is 0 Å². The molecule has 1 aliphatic rings. The molecule has 0 aromatic carbocycles. The lowest BCUT2D eigenvalue weighted by Gasteiger charge is -2.35. The second kappa shape index (κ2) is 6.60. The molecular formula is C16H27N3O2. The number of carbonyl (C=O) groups excluding carboxylic acids is 1. The van der Waals surface area contributed by atoms with Gasteiger partial charge < -0.3 is 10.5 Å². The first-order valence-electron chi connectivity index (χ1n) is 7.88. The van der Waals surface area contributed by atoms with Gasteiger partial charge in [0.05, 0.1) is 13.3 Å². The van der Waals surface area contributed by atoms with Gasteiger partial charge >= 0.3 is 0 Å². The van der Waals surface area contributed by atoms with E-state index in [1.54, 1.807) is 18.0 Å². The van der Waals surface area contributed by atoms with Crippen LogP contribution >= 0.6 is 0 Å². The molecular weight excluding hydrogens is 266 g/mol. The summed E-state index contributed by atoms with van der Waals surface area (Å²) in [5.41, 5.74) is 6.56. The molecule has 1 saturated carbocycles. The van der Waals surface area contributed by atoms with Crippen LogP contribution in [0.5, 0.6) is 5.75 Å². The lowest BCUT2D eigenvalue weighted by Crippen LogP contribution is -2.35.